The van der Waals surface area contributed by atoms with Crippen molar-refractivity contribution in [2.75, 3.05) is 7.11 Å². The molecule has 0 amide bonds. The van der Waals surface area contributed by atoms with Crippen LogP contribution in [-0.2, 0) is 6.61 Å². The zero-order valence-corrected chi connectivity index (χ0v) is 12.1. The van der Waals surface area contributed by atoms with Crippen LogP contribution < -0.4 is 15.2 Å². The molecule has 0 saturated heterocycles. The van der Waals surface area contributed by atoms with Crippen molar-refractivity contribution in [1.29, 1.82) is 5.41 Å². The first kappa shape index (κ1) is 15.1. The van der Waals surface area contributed by atoms with Crippen LogP contribution in [0, 0.1) is 11.2 Å². The van der Waals surface area contributed by atoms with Crippen molar-refractivity contribution >= 4 is 17.4 Å². The minimum atomic E-state index is -0.417. The van der Waals surface area contributed by atoms with E-state index < -0.39 is 5.82 Å². The van der Waals surface area contributed by atoms with Crippen molar-refractivity contribution in [3.8, 4) is 11.5 Å². The Bertz CT molecular complexity index is 677. The quantitative estimate of drug-likeness (QED) is 0.657. The Balaban J connectivity index is 2.15. The Hall–Kier alpha value is -2.27. The lowest BCUT2D eigenvalue weighted by Crippen LogP contribution is -2.12. The predicted octanol–water partition coefficient (Wildman–Crippen LogP) is 3.35. The molecule has 0 unspecified atom stereocenters. The van der Waals surface area contributed by atoms with Gasteiger partial charge >= 0.3 is 0 Å². The number of nitrogens with two attached hydrogens (primary N) is 1. The summed E-state index contributed by atoms with van der Waals surface area (Å²) in [4.78, 5) is 0. The van der Waals surface area contributed by atoms with Crippen LogP contribution in [-0.4, -0.2) is 12.9 Å². The maximum atomic E-state index is 12.9. The minimum absolute atomic E-state index is 0.0686. The molecule has 0 aliphatic carbocycles. The molecule has 0 heterocycles. The lowest BCUT2D eigenvalue weighted by Gasteiger charge is -2.11. The molecule has 0 bridgehead atoms. The molecule has 2 aromatic rings. The maximum absolute atomic E-state index is 12.9. The van der Waals surface area contributed by atoms with E-state index in [0.717, 1.165) is 5.56 Å². The van der Waals surface area contributed by atoms with Crippen molar-refractivity contribution in [2.24, 2.45) is 5.73 Å². The summed E-state index contributed by atoms with van der Waals surface area (Å²) in [6, 6.07) is 9.13. The Morgan fingerprint density at radius 3 is 2.62 bits per heavy atom. The zero-order valence-electron chi connectivity index (χ0n) is 11.3. The number of halogens is 2. The Morgan fingerprint density at radius 2 is 2.00 bits per heavy atom. The monoisotopic (exact) mass is 308 g/mol. The average molecular weight is 309 g/mol. The summed E-state index contributed by atoms with van der Waals surface area (Å²) in [5.41, 5.74) is 6.79. The van der Waals surface area contributed by atoms with E-state index >= 15 is 0 Å². The van der Waals surface area contributed by atoms with Gasteiger partial charge in [-0.15, -0.1) is 0 Å². The van der Waals surface area contributed by atoms with Crippen molar-refractivity contribution in [3.05, 3.63) is 58.4 Å². The average Bonchev–Trinajstić information content (AvgIpc) is 2.45. The third-order valence-corrected chi connectivity index (χ3v) is 3.14. The van der Waals surface area contributed by atoms with Gasteiger partial charge in [-0.2, -0.15) is 0 Å². The van der Waals surface area contributed by atoms with Gasteiger partial charge in [-0.25, -0.2) is 4.39 Å². The van der Waals surface area contributed by atoms with Crippen LogP contribution in [0.4, 0.5) is 4.39 Å². The van der Waals surface area contributed by atoms with Gasteiger partial charge in [-0.1, -0.05) is 17.7 Å². The lowest BCUT2D eigenvalue weighted by atomic mass is 10.1. The number of hydrogen-bond acceptors (Lipinski definition) is 3. The summed E-state index contributed by atoms with van der Waals surface area (Å²) >= 11 is 5.89. The molecule has 0 aliphatic rings. The van der Waals surface area contributed by atoms with E-state index in [0.29, 0.717) is 17.1 Å². The van der Waals surface area contributed by atoms with Gasteiger partial charge in [0, 0.05) is 0 Å². The van der Waals surface area contributed by atoms with Crippen molar-refractivity contribution in [2.45, 2.75) is 6.61 Å². The first-order chi connectivity index (χ1) is 10.0. The van der Waals surface area contributed by atoms with Gasteiger partial charge in [0.15, 0.2) is 0 Å². The second-order valence-electron chi connectivity index (χ2n) is 4.31. The molecule has 2 rings (SSSR count). The maximum Gasteiger partial charge on any atom is 0.138 e. The summed E-state index contributed by atoms with van der Waals surface area (Å²) in [5, 5.41) is 7.66. The number of nitrogens with one attached hydrogen (secondary N) is 1. The molecule has 110 valence electrons. The normalized spacial score (nSPS) is 10.2. The highest BCUT2D eigenvalue weighted by Gasteiger charge is 2.08. The highest BCUT2D eigenvalue weighted by Crippen LogP contribution is 2.26. The van der Waals surface area contributed by atoms with Gasteiger partial charge in [0.2, 0.25) is 0 Å². The third kappa shape index (κ3) is 3.64. The molecule has 0 spiro atoms. The third-order valence-electron chi connectivity index (χ3n) is 2.84. The molecule has 21 heavy (non-hydrogen) atoms. The van der Waals surface area contributed by atoms with Gasteiger partial charge in [-0.3, -0.25) is 5.41 Å². The van der Waals surface area contributed by atoms with Crippen LogP contribution in [0.3, 0.4) is 0 Å². The fraction of sp³-hybridized carbons (Fsp3) is 0.133. The molecule has 0 aliphatic heterocycles. The molecule has 6 heteroatoms. The van der Waals surface area contributed by atoms with E-state index in [1.54, 1.807) is 18.2 Å². The molecule has 3 N–H and O–H groups in total. The SMILES string of the molecule is COc1cc(COc2ccc(F)cc2Cl)ccc1C(=N)N. The highest BCUT2D eigenvalue weighted by atomic mass is 35.5. The molecule has 0 saturated carbocycles. The van der Waals surface area contributed by atoms with Crippen LogP contribution in [0.25, 0.3) is 0 Å². The van der Waals surface area contributed by atoms with E-state index in [-0.39, 0.29) is 17.5 Å². The summed E-state index contributed by atoms with van der Waals surface area (Å²) in [6.07, 6.45) is 0. The van der Waals surface area contributed by atoms with Crippen molar-refractivity contribution in [1.82, 2.24) is 0 Å². The summed E-state index contributed by atoms with van der Waals surface area (Å²) < 4.78 is 23.7. The van der Waals surface area contributed by atoms with E-state index in [9.17, 15) is 4.39 Å². The van der Waals surface area contributed by atoms with Crippen molar-refractivity contribution < 1.29 is 13.9 Å². The smallest absolute Gasteiger partial charge is 0.138 e. The van der Waals surface area contributed by atoms with Crippen molar-refractivity contribution in [3.63, 3.8) is 0 Å². The molecule has 4 nitrogen and oxygen atoms in total. The van der Waals surface area contributed by atoms with E-state index in [2.05, 4.69) is 0 Å². The standard InChI is InChI=1S/C15H14ClFN2O2/c1-20-14-6-9(2-4-11(14)15(18)19)8-21-13-5-3-10(17)7-12(13)16/h2-7H,8H2,1H3,(H3,18,19). The van der Waals surface area contributed by atoms with Gasteiger partial charge in [0.25, 0.3) is 0 Å². The van der Waals surface area contributed by atoms with Gasteiger partial charge < -0.3 is 15.2 Å². The molecule has 0 radical (unpaired) electrons. The predicted molar refractivity (Wildman–Crippen MR) is 79.8 cm³/mol. The number of methoxy groups -OCH3 is 1. The summed E-state index contributed by atoms with van der Waals surface area (Å²) in [7, 11) is 1.50. The zero-order chi connectivity index (χ0) is 15.4. The molecule has 0 atom stereocenters. The minimum Gasteiger partial charge on any atom is -0.496 e. The molecule has 0 aromatic heterocycles. The lowest BCUT2D eigenvalue weighted by molar-refractivity contribution is 0.305. The topological polar surface area (TPSA) is 68.3 Å². The summed E-state index contributed by atoms with van der Waals surface area (Å²) in [6.45, 7) is 0.236. The molecular formula is C15H14ClFN2O2. The second-order valence-corrected chi connectivity index (χ2v) is 4.72. The van der Waals surface area contributed by atoms with Gasteiger partial charge in [0.05, 0.1) is 17.7 Å². The Kier molecular flexibility index (Phi) is 4.65. The van der Waals surface area contributed by atoms with Crippen LogP contribution in [0.2, 0.25) is 5.02 Å². The number of hydrogen-bond donors (Lipinski definition) is 2. The van der Waals surface area contributed by atoms with Crippen LogP contribution >= 0.6 is 11.6 Å². The largest absolute Gasteiger partial charge is 0.496 e. The fourth-order valence-electron chi connectivity index (χ4n) is 1.80. The first-order valence-electron chi connectivity index (χ1n) is 6.10. The number of benzene rings is 2. The van der Waals surface area contributed by atoms with E-state index in [4.69, 9.17) is 32.2 Å². The van der Waals surface area contributed by atoms with E-state index in [1.807, 2.05) is 0 Å². The Morgan fingerprint density at radius 1 is 1.24 bits per heavy atom. The fourth-order valence-corrected chi connectivity index (χ4v) is 2.02. The number of ether oxygens (including phenoxy) is 2. The van der Waals surface area contributed by atoms with Gasteiger partial charge in [0.1, 0.15) is 29.8 Å². The highest BCUT2D eigenvalue weighted by molar-refractivity contribution is 6.32. The van der Waals surface area contributed by atoms with Gasteiger partial charge in [-0.05, 0) is 35.9 Å². The van der Waals surface area contributed by atoms with Crippen LogP contribution in [0.1, 0.15) is 11.1 Å². The van der Waals surface area contributed by atoms with E-state index in [1.165, 1.54) is 25.3 Å². The van der Waals surface area contributed by atoms with Crippen LogP contribution in [0.15, 0.2) is 36.4 Å². The molecule has 0 fully saturated rings. The second kappa shape index (κ2) is 6.45. The number of amidine groups is 1. The van der Waals surface area contributed by atoms with Crippen LogP contribution in [0.5, 0.6) is 11.5 Å². The number of rotatable bonds is 5. The molecule has 2 aromatic carbocycles. The summed E-state index contributed by atoms with van der Waals surface area (Å²) in [5.74, 6) is 0.405. The first-order valence-corrected chi connectivity index (χ1v) is 6.48. The molecular weight excluding hydrogens is 295 g/mol. The number of nitrogen functional groups attached to an aromatic ring is 1. The Labute approximate surface area is 126 Å².